The molecule has 8 nitrogen and oxygen atoms in total. The van der Waals surface area contributed by atoms with E-state index in [1.54, 1.807) is 30.3 Å². The Morgan fingerprint density at radius 3 is 2.53 bits per heavy atom. The van der Waals surface area contributed by atoms with Gasteiger partial charge in [0.05, 0.1) is 12.1 Å². The van der Waals surface area contributed by atoms with Gasteiger partial charge in [-0.3, -0.25) is 19.3 Å². The summed E-state index contributed by atoms with van der Waals surface area (Å²) in [6, 6.07) is 12.5. The molecule has 1 aromatic heterocycles. The van der Waals surface area contributed by atoms with Crippen LogP contribution in [0.4, 0.5) is 10.1 Å². The third-order valence-corrected chi connectivity index (χ3v) is 6.12. The van der Waals surface area contributed by atoms with Crippen molar-refractivity contribution in [3.05, 3.63) is 64.7 Å². The van der Waals surface area contributed by atoms with Gasteiger partial charge in [-0.25, -0.2) is 4.39 Å². The van der Waals surface area contributed by atoms with Gasteiger partial charge in [-0.05, 0) is 48.6 Å². The summed E-state index contributed by atoms with van der Waals surface area (Å²) in [6.07, 6.45) is 1.98. The van der Waals surface area contributed by atoms with Gasteiger partial charge in [0.25, 0.3) is 0 Å². The van der Waals surface area contributed by atoms with Gasteiger partial charge in [0, 0.05) is 56.0 Å². The number of aromatic amines is 1. The van der Waals surface area contributed by atoms with Crippen LogP contribution in [-0.4, -0.2) is 59.3 Å². The normalized spacial score (nSPS) is 16.4. The molecule has 34 heavy (non-hydrogen) atoms. The molecule has 0 radical (unpaired) electrons. The summed E-state index contributed by atoms with van der Waals surface area (Å²) in [5.41, 5.74) is 0.692. The third kappa shape index (κ3) is 5.09. The van der Waals surface area contributed by atoms with Crippen LogP contribution in [0.2, 0.25) is 0 Å². The maximum Gasteiger partial charge on any atom is 0.248 e. The number of nitrogens with zero attached hydrogens (tertiary/aromatic N) is 2. The van der Waals surface area contributed by atoms with Crippen molar-refractivity contribution in [1.82, 2.24) is 14.8 Å². The first kappa shape index (κ1) is 22.1. The molecule has 2 aliphatic rings. The molecule has 0 bridgehead atoms. The summed E-state index contributed by atoms with van der Waals surface area (Å²) >= 11 is 0. The lowest BCUT2D eigenvalue weighted by molar-refractivity contribution is -0.134. The van der Waals surface area contributed by atoms with Gasteiger partial charge in [0.2, 0.25) is 17.4 Å². The summed E-state index contributed by atoms with van der Waals surface area (Å²) in [7, 11) is 0. The Morgan fingerprint density at radius 2 is 1.79 bits per heavy atom. The minimum atomic E-state index is -0.619. The summed E-state index contributed by atoms with van der Waals surface area (Å²) in [5.74, 6) is -0.0302. The van der Waals surface area contributed by atoms with Crippen LogP contribution in [0.3, 0.4) is 0 Å². The van der Waals surface area contributed by atoms with E-state index in [9.17, 15) is 18.8 Å². The first-order valence-electron chi connectivity index (χ1n) is 11.4. The van der Waals surface area contributed by atoms with Gasteiger partial charge in [0.15, 0.2) is 11.6 Å². The number of hydrogen-bond donors (Lipinski definition) is 2. The average molecular weight is 464 g/mol. The molecule has 0 spiro atoms. The van der Waals surface area contributed by atoms with E-state index in [4.69, 9.17) is 4.74 Å². The highest BCUT2D eigenvalue weighted by molar-refractivity contribution is 5.92. The number of benzene rings is 2. The Morgan fingerprint density at radius 1 is 1.03 bits per heavy atom. The topological polar surface area (TPSA) is 94.7 Å². The van der Waals surface area contributed by atoms with Crippen LogP contribution in [0.25, 0.3) is 10.9 Å². The first-order valence-corrected chi connectivity index (χ1v) is 11.4. The zero-order valence-electron chi connectivity index (χ0n) is 18.6. The Kier molecular flexibility index (Phi) is 6.02. The lowest BCUT2D eigenvalue weighted by Crippen LogP contribution is -2.50. The molecule has 1 saturated carbocycles. The average Bonchev–Trinajstić information content (AvgIpc) is 3.66. The van der Waals surface area contributed by atoms with Gasteiger partial charge in [-0.1, -0.05) is 0 Å². The largest absolute Gasteiger partial charge is 0.454 e. The van der Waals surface area contributed by atoms with Crippen LogP contribution in [0.5, 0.6) is 11.5 Å². The Bertz CT molecular complexity index is 1300. The smallest absolute Gasteiger partial charge is 0.248 e. The highest BCUT2D eigenvalue weighted by Crippen LogP contribution is 2.31. The van der Waals surface area contributed by atoms with E-state index < -0.39 is 5.82 Å². The number of amides is 2. The standard InChI is InChI=1S/C25H25FN4O4/c26-20-13-18(27-24(32)15-29-9-11-30(12-10-29)25(33)17-1-2-17)5-7-22(20)34-19-6-3-16-4-8-23(31)28-21(16)14-19/h3-8,13-14,17H,1-2,9-12,15H2,(H,27,32)(H,28,31). The molecule has 2 amide bonds. The number of H-pyrrole nitrogens is 1. The van der Waals surface area contributed by atoms with Gasteiger partial charge < -0.3 is 19.9 Å². The van der Waals surface area contributed by atoms with E-state index in [0.29, 0.717) is 43.1 Å². The molecule has 1 saturated heterocycles. The fourth-order valence-electron chi connectivity index (χ4n) is 4.10. The number of piperazine rings is 1. The summed E-state index contributed by atoms with van der Waals surface area (Å²) in [6.45, 7) is 2.73. The molecule has 1 aliphatic carbocycles. The van der Waals surface area contributed by atoms with E-state index >= 15 is 0 Å². The van der Waals surface area contributed by atoms with E-state index in [-0.39, 0.29) is 35.6 Å². The van der Waals surface area contributed by atoms with Crippen molar-refractivity contribution in [3.63, 3.8) is 0 Å². The quantitative estimate of drug-likeness (QED) is 0.585. The fourth-order valence-corrected chi connectivity index (χ4v) is 4.10. The lowest BCUT2D eigenvalue weighted by atomic mass is 10.2. The number of anilines is 1. The van der Waals surface area contributed by atoms with Crippen LogP contribution < -0.4 is 15.6 Å². The molecule has 3 aromatic rings. The molecule has 176 valence electrons. The molecule has 0 unspecified atom stereocenters. The number of rotatable bonds is 6. The molecule has 5 rings (SSSR count). The van der Waals surface area contributed by atoms with Crippen LogP contribution in [0.1, 0.15) is 12.8 Å². The molecule has 2 aromatic carbocycles. The van der Waals surface area contributed by atoms with Gasteiger partial charge in [-0.2, -0.15) is 0 Å². The summed E-state index contributed by atoms with van der Waals surface area (Å²) < 4.78 is 20.3. The van der Waals surface area contributed by atoms with Gasteiger partial charge >= 0.3 is 0 Å². The van der Waals surface area contributed by atoms with Crippen molar-refractivity contribution < 1.29 is 18.7 Å². The van der Waals surface area contributed by atoms with Crippen molar-refractivity contribution in [1.29, 1.82) is 0 Å². The second kappa shape index (κ2) is 9.26. The van der Waals surface area contributed by atoms with Crippen LogP contribution in [0.15, 0.2) is 53.3 Å². The molecular weight excluding hydrogens is 439 g/mol. The maximum atomic E-state index is 14.6. The Balaban J connectivity index is 1.16. The number of hydrogen-bond acceptors (Lipinski definition) is 5. The number of carbonyl (C=O) groups is 2. The number of nitrogens with one attached hydrogen (secondary N) is 2. The van der Waals surface area contributed by atoms with E-state index in [2.05, 4.69) is 10.3 Å². The predicted molar refractivity (Wildman–Crippen MR) is 125 cm³/mol. The highest BCUT2D eigenvalue weighted by atomic mass is 19.1. The molecule has 2 fully saturated rings. The van der Waals surface area contributed by atoms with Crippen molar-refractivity contribution >= 4 is 28.4 Å². The molecule has 9 heteroatoms. The monoisotopic (exact) mass is 464 g/mol. The van der Waals surface area contributed by atoms with E-state index in [1.807, 2.05) is 9.80 Å². The fraction of sp³-hybridized carbons (Fsp3) is 0.320. The molecule has 0 atom stereocenters. The summed E-state index contributed by atoms with van der Waals surface area (Å²) in [5, 5.41) is 3.55. The second-order valence-corrected chi connectivity index (χ2v) is 8.74. The number of carbonyl (C=O) groups excluding carboxylic acids is 2. The molecule has 2 heterocycles. The highest BCUT2D eigenvalue weighted by Gasteiger charge is 2.34. The molecule has 2 N–H and O–H groups in total. The number of fused-ring (bicyclic) bond motifs is 1. The second-order valence-electron chi connectivity index (χ2n) is 8.74. The lowest BCUT2D eigenvalue weighted by Gasteiger charge is -2.34. The van der Waals surface area contributed by atoms with Crippen LogP contribution in [0, 0.1) is 11.7 Å². The zero-order chi connectivity index (χ0) is 23.7. The SMILES string of the molecule is O=C(CN1CCN(C(=O)C2CC2)CC1)Nc1ccc(Oc2ccc3ccc(=O)[nH]c3c2)c(F)c1. The number of halogens is 1. The minimum Gasteiger partial charge on any atom is -0.454 e. The van der Waals surface area contributed by atoms with Crippen LogP contribution in [-0.2, 0) is 9.59 Å². The van der Waals surface area contributed by atoms with Gasteiger partial charge in [-0.15, -0.1) is 0 Å². The van der Waals surface area contributed by atoms with Crippen molar-refractivity contribution in [2.75, 3.05) is 38.0 Å². The van der Waals surface area contributed by atoms with Crippen molar-refractivity contribution in [2.45, 2.75) is 12.8 Å². The zero-order valence-corrected chi connectivity index (χ0v) is 18.6. The number of aromatic nitrogens is 1. The Labute approximate surface area is 195 Å². The molecular formula is C25H25FN4O4. The maximum absolute atomic E-state index is 14.6. The van der Waals surface area contributed by atoms with E-state index in [0.717, 1.165) is 18.2 Å². The predicted octanol–water partition coefficient (Wildman–Crippen LogP) is 2.95. The number of ether oxygens (including phenoxy) is 1. The summed E-state index contributed by atoms with van der Waals surface area (Å²) in [4.78, 5) is 42.7. The minimum absolute atomic E-state index is 0.00655. The first-order chi connectivity index (χ1) is 16.4. The van der Waals surface area contributed by atoms with Crippen molar-refractivity contribution in [3.8, 4) is 11.5 Å². The van der Waals surface area contributed by atoms with Crippen molar-refractivity contribution in [2.24, 2.45) is 5.92 Å². The number of pyridine rings is 1. The molecule has 1 aliphatic heterocycles. The van der Waals surface area contributed by atoms with Crippen LogP contribution >= 0.6 is 0 Å². The van der Waals surface area contributed by atoms with Gasteiger partial charge in [0.1, 0.15) is 5.75 Å². The third-order valence-electron chi connectivity index (χ3n) is 6.12. The van der Waals surface area contributed by atoms with E-state index in [1.165, 1.54) is 18.2 Å². The Hall–Kier alpha value is -3.72.